The van der Waals surface area contributed by atoms with Gasteiger partial charge >= 0.3 is 0 Å². The lowest BCUT2D eigenvalue weighted by atomic mass is 10.2. The molecule has 0 aromatic heterocycles. The summed E-state index contributed by atoms with van der Waals surface area (Å²) in [7, 11) is 1.78. The lowest BCUT2D eigenvalue weighted by Gasteiger charge is -2.13. The highest BCUT2D eigenvalue weighted by atomic mass is 16.5. The van der Waals surface area contributed by atoms with Gasteiger partial charge in [-0.05, 0) is 30.5 Å². The summed E-state index contributed by atoms with van der Waals surface area (Å²) in [4.78, 5) is 4.20. The number of nitrogens with one attached hydrogen (secondary N) is 2. The third-order valence-electron chi connectivity index (χ3n) is 2.57. The molecule has 0 unspecified atom stereocenters. The maximum absolute atomic E-state index is 5.48. The first-order valence-electron chi connectivity index (χ1n) is 6.82. The van der Waals surface area contributed by atoms with Gasteiger partial charge in [0.15, 0.2) is 5.96 Å². The van der Waals surface area contributed by atoms with Crippen molar-refractivity contribution in [3.05, 3.63) is 29.8 Å². The number of hydrogen-bond donors (Lipinski definition) is 2. The van der Waals surface area contributed by atoms with Crippen LogP contribution in [0.25, 0.3) is 0 Å². The summed E-state index contributed by atoms with van der Waals surface area (Å²) in [5, 5.41) is 6.58. The minimum Gasteiger partial charge on any atom is -0.494 e. The average molecular weight is 263 g/mol. The molecule has 1 aromatic carbocycles. The van der Waals surface area contributed by atoms with Crippen molar-refractivity contribution in [2.24, 2.45) is 10.9 Å². The van der Waals surface area contributed by atoms with E-state index in [2.05, 4.69) is 35.5 Å². The van der Waals surface area contributed by atoms with Crippen LogP contribution in [0.4, 0.5) is 0 Å². The fourth-order valence-electron chi connectivity index (χ4n) is 1.62. The predicted molar refractivity (Wildman–Crippen MR) is 80.7 cm³/mol. The van der Waals surface area contributed by atoms with Crippen LogP contribution in [0.2, 0.25) is 0 Å². The zero-order chi connectivity index (χ0) is 14.1. The van der Waals surface area contributed by atoms with Crippen LogP contribution in [-0.2, 0) is 6.54 Å². The second-order valence-electron chi connectivity index (χ2n) is 4.78. The van der Waals surface area contributed by atoms with E-state index < -0.39 is 0 Å². The van der Waals surface area contributed by atoms with Crippen molar-refractivity contribution in [3.8, 4) is 5.75 Å². The van der Waals surface area contributed by atoms with Crippen molar-refractivity contribution in [1.82, 2.24) is 10.6 Å². The molecule has 0 bridgehead atoms. The Morgan fingerprint density at radius 1 is 1.32 bits per heavy atom. The Morgan fingerprint density at radius 3 is 2.74 bits per heavy atom. The van der Waals surface area contributed by atoms with Crippen LogP contribution in [-0.4, -0.2) is 26.2 Å². The predicted octanol–water partition coefficient (Wildman–Crippen LogP) is 2.41. The number of benzene rings is 1. The van der Waals surface area contributed by atoms with Crippen LogP contribution in [0.15, 0.2) is 29.3 Å². The third kappa shape index (κ3) is 6.13. The number of aliphatic imine (C=N–C) groups is 1. The second kappa shape index (κ2) is 8.40. The van der Waals surface area contributed by atoms with E-state index >= 15 is 0 Å². The molecule has 0 saturated carbocycles. The van der Waals surface area contributed by atoms with E-state index in [-0.39, 0.29) is 0 Å². The summed E-state index contributed by atoms with van der Waals surface area (Å²) in [6, 6.07) is 8.10. The highest BCUT2D eigenvalue weighted by Crippen LogP contribution is 2.12. The summed E-state index contributed by atoms with van der Waals surface area (Å²) >= 11 is 0. The first-order valence-corrected chi connectivity index (χ1v) is 6.82. The molecule has 4 heteroatoms. The van der Waals surface area contributed by atoms with Gasteiger partial charge in [-0.15, -0.1) is 0 Å². The van der Waals surface area contributed by atoms with Gasteiger partial charge in [-0.3, -0.25) is 4.99 Å². The fraction of sp³-hybridized carbons (Fsp3) is 0.533. The number of hydrogen-bond acceptors (Lipinski definition) is 2. The van der Waals surface area contributed by atoms with Crippen LogP contribution in [0, 0.1) is 5.92 Å². The van der Waals surface area contributed by atoms with Crippen molar-refractivity contribution in [2.75, 3.05) is 20.2 Å². The molecule has 0 heterocycles. The summed E-state index contributed by atoms with van der Waals surface area (Å²) in [5.74, 6) is 2.34. The smallest absolute Gasteiger partial charge is 0.191 e. The number of rotatable bonds is 6. The topological polar surface area (TPSA) is 45.6 Å². The van der Waals surface area contributed by atoms with Crippen LogP contribution in [0.5, 0.6) is 5.75 Å². The first kappa shape index (κ1) is 15.3. The molecule has 0 fully saturated rings. The zero-order valence-corrected chi connectivity index (χ0v) is 12.4. The monoisotopic (exact) mass is 263 g/mol. The number of ether oxygens (including phenoxy) is 1. The Bertz CT molecular complexity index is 402. The van der Waals surface area contributed by atoms with Crippen molar-refractivity contribution in [3.63, 3.8) is 0 Å². The first-order chi connectivity index (χ1) is 9.15. The highest BCUT2D eigenvalue weighted by molar-refractivity contribution is 5.79. The van der Waals surface area contributed by atoms with Crippen LogP contribution < -0.4 is 15.4 Å². The van der Waals surface area contributed by atoms with Crippen LogP contribution >= 0.6 is 0 Å². The van der Waals surface area contributed by atoms with Gasteiger partial charge < -0.3 is 15.4 Å². The largest absolute Gasteiger partial charge is 0.494 e. The average Bonchev–Trinajstić information content (AvgIpc) is 2.39. The minimum atomic E-state index is 0.597. The maximum Gasteiger partial charge on any atom is 0.191 e. The number of guanidine groups is 1. The second-order valence-corrected chi connectivity index (χ2v) is 4.78. The molecule has 0 saturated heterocycles. The van der Waals surface area contributed by atoms with E-state index in [1.165, 1.54) is 5.56 Å². The lowest BCUT2D eigenvalue weighted by Crippen LogP contribution is -2.38. The van der Waals surface area contributed by atoms with Gasteiger partial charge in [0.1, 0.15) is 5.75 Å². The van der Waals surface area contributed by atoms with Gasteiger partial charge in [0.05, 0.1) is 6.61 Å². The molecule has 0 aliphatic rings. The van der Waals surface area contributed by atoms with E-state index in [0.717, 1.165) is 24.8 Å². The Hall–Kier alpha value is -1.71. The zero-order valence-electron chi connectivity index (χ0n) is 12.4. The summed E-state index contributed by atoms with van der Waals surface area (Å²) < 4.78 is 5.48. The highest BCUT2D eigenvalue weighted by Gasteiger charge is 2.00. The Balaban J connectivity index is 2.48. The molecule has 0 atom stereocenters. The molecule has 4 nitrogen and oxygen atoms in total. The van der Waals surface area contributed by atoms with Crippen molar-refractivity contribution in [2.45, 2.75) is 27.3 Å². The molecule has 0 amide bonds. The Labute approximate surface area is 116 Å². The van der Waals surface area contributed by atoms with E-state index in [0.29, 0.717) is 12.5 Å². The van der Waals surface area contributed by atoms with Crippen molar-refractivity contribution in [1.29, 1.82) is 0 Å². The van der Waals surface area contributed by atoms with Gasteiger partial charge in [0, 0.05) is 20.1 Å². The Morgan fingerprint density at radius 2 is 2.11 bits per heavy atom. The standard InChI is InChI=1S/C15H25N3O/c1-5-19-14-8-6-7-13(9-14)11-18-15(16-4)17-10-12(2)3/h6-9,12H,5,10-11H2,1-4H3,(H2,16,17,18). The summed E-state index contributed by atoms with van der Waals surface area (Å²) in [6.07, 6.45) is 0. The molecule has 106 valence electrons. The molecule has 0 aliphatic carbocycles. The van der Waals surface area contributed by atoms with Crippen molar-refractivity contribution < 1.29 is 4.74 Å². The molecule has 2 N–H and O–H groups in total. The number of nitrogens with zero attached hydrogens (tertiary/aromatic N) is 1. The van der Waals surface area contributed by atoms with Gasteiger partial charge in [0.25, 0.3) is 0 Å². The van der Waals surface area contributed by atoms with E-state index in [1.54, 1.807) is 7.05 Å². The SMILES string of the molecule is CCOc1cccc(CNC(=NC)NCC(C)C)c1. The Kier molecular flexibility index (Phi) is 6.79. The molecule has 0 radical (unpaired) electrons. The summed E-state index contributed by atoms with van der Waals surface area (Å²) in [6.45, 7) is 8.67. The molecular weight excluding hydrogens is 238 g/mol. The van der Waals surface area contributed by atoms with E-state index in [4.69, 9.17) is 4.74 Å². The minimum absolute atomic E-state index is 0.597. The van der Waals surface area contributed by atoms with Gasteiger partial charge in [-0.2, -0.15) is 0 Å². The van der Waals surface area contributed by atoms with Gasteiger partial charge in [-0.1, -0.05) is 26.0 Å². The van der Waals surface area contributed by atoms with Gasteiger partial charge in [-0.25, -0.2) is 0 Å². The van der Waals surface area contributed by atoms with E-state index in [1.807, 2.05) is 25.1 Å². The molecular formula is C15H25N3O. The molecule has 0 aliphatic heterocycles. The molecule has 1 rings (SSSR count). The van der Waals surface area contributed by atoms with Crippen LogP contribution in [0.1, 0.15) is 26.3 Å². The third-order valence-corrected chi connectivity index (χ3v) is 2.57. The van der Waals surface area contributed by atoms with Gasteiger partial charge in [0.2, 0.25) is 0 Å². The fourth-order valence-corrected chi connectivity index (χ4v) is 1.62. The van der Waals surface area contributed by atoms with E-state index in [9.17, 15) is 0 Å². The maximum atomic E-state index is 5.48. The molecule has 19 heavy (non-hydrogen) atoms. The summed E-state index contributed by atoms with van der Waals surface area (Å²) in [5.41, 5.74) is 1.18. The normalized spacial score (nSPS) is 11.5. The molecule has 0 spiro atoms. The lowest BCUT2D eigenvalue weighted by molar-refractivity contribution is 0.340. The quantitative estimate of drug-likeness (QED) is 0.612. The van der Waals surface area contributed by atoms with Crippen molar-refractivity contribution >= 4 is 5.96 Å². The van der Waals surface area contributed by atoms with Crippen LogP contribution in [0.3, 0.4) is 0 Å². The molecule has 1 aromatic rings.